The Morgan fingerprint density at radius 3 is 2.48 bits per heavy atom. The number of hydrogen-bond acceptors (Lipinski definition) is 3. The summed E-state index contributed by atoms with van der Waals surface area (Å²) in [5.74, 6) is -1.11. The third kappa shape index (κ3) is 2.87. The molecule has 0 saturated carbocycles. The highest BCUT2D eigenvalue weighted by atomic mass is 35.5. The molecule has 1 aliphatic rings. The Bertz CT molecular complexity index is 570. The molecule has 0 unspecified atom stereocenters. The van der Waals surface area contributed by atoms with E-state index in [0.29, 0.717) is 16.3 Å². The SMILES string of the molecule is COc1ccc(Cl)c(Cl)c1[C@H]1C[C@H](C(=O)O)N(C(=O)O)C1. The van der Waals surface area contributed by atoms with Crippen molar-refractivity contribution in [1.29, 1.82) is 0 Å². The number of rotatable bonds is 3. The lowest BCUT2D eigenvalue weighted by atomic mass is 9.95. The Morgan fingerprint density at radius 2 is 2.00 bits per heavy atom. The zero-order valence-corrected chi connectivity index (χ0v) is 12.6. The molecule has 8 heteroatoms. The monoisotopic (exact) mass is 333 g/mol. The molecule has 0 bridgehead atoms. The molecule has 1 aliphatic heterocycles. The van der Waals surface area contributed by atoms with E-state index in [1.807, 2.05) is 0 Å². The molecule has 1 aromatic rings. The van der Waals surface area contributed by atoms with Crippen molar-refractivity contribution < 1.29 is 24.5 Å². The van der Waals surface area contributed by atoms with E-state index >= 15 is 0 Å². The van der Waals surface area contributed by atoms with Crippen LogP contribution in [0.3, 0.4) is 0 Å². The molecule has 0 aromatic heterocycles. The first-order chi connectivity index (χ1) is 9.86. The largest absolute Gasteiger partial charge is 0.496 e. The Balaban J connectivity index is 2.42. The van der Waals surface area contributed by atoms with Crippen LogP contribution in [0.1, 0.15) is 17.9 Å². The van der Waals surface area contributed by atoms with Gasteiger partial charge in [-0.3, -0.25) is 4.90 Å². The standard InChI is InChI=1S/C13H13Cl2NO5/c1-21-9-3-2-7(14)11(15)10(9)6-4-8(12(17)18)16(5-6)13(19)20/h2-3,6,8H,4-5H2,1H3,(H,17,18)(H,19,20)/t6-,8+/m0/s1. The number of likely N-dealkylation sites (tertiary alicyclic amines) is 1. The van der Waals surface area contributed by atoms with E-state index in [1.165, 1.54) is 7.11 Å². The molecule has 114 valence electrons. The number of amides is 1. The molecular formula is C13H13Cl2NO5. The van der Waals surface area contributed by atoms with E-state index in [-0.39, 0.29) is 23.9 Å². The maximum atomic E-state index is 11.2. The summed E-state index contributed by atoms with van der Waals surface area (Å²) in [6.45, 7) is 0.0305. The Morgan fingerprint density at radius 1 is 1.33 bits per heavy atom. The second-order valence-corrected chi connectivity index (χ2v) is 5.48. The Hall–Kier alpha value is -1.66. The average Bonchev–Trinajstić information content (AvgIpc) is 2.86. The number of carbonyl (C=O) groups is 2. The summed E-state index contributed by atoms with van der Waals surface area (Å²) in [6.07, 6.45) is -1.15. The fraction of sp³-hybridized carbons (Fsp3) is 0.385. The zero-order chi connectivity index (χ0) is 15.7. The number of hydrogen-bond donors (Lipinski definition) is 2. The quantitative estimate of drug-likeness (QED) is 0.887. The first-order valence-corrected chi connectivity index (χ1v) is 6.86. The predicted octanol–water partition coefficient (Wildman–Crippen LogP) is 2.92. The summed E-state index contributed by atoms with van der Waals surface area (Å²) in [5.41, 5.74) is 0.543. The van der Waals surface area contributed by atoms with Gasteiger partial charge in [-0.05, 0) is 18.6 Å². The minimum Gasteiger partial charge on any atom is -0.496 e. The predicted molar refractivity (Wildman–Crippen MR) is 76.5 cm³/mol. The van der Waals surface area contributed by atoms with Gasteiger partial charge in [0.2, 0.25) is 0 Å². The number of aliphatic carboxylic acids is 1. The molecule has 2 N–H and O–H groups in total. The minimum atomic E-state index is -1.28. The second-order valence-electron chi connectivity index (χ2n) is 4.70. The van der Waals surface area contributed by atoms with Crippen molar-refractivity contribution in [1.82, 2.24) is 4.90 Å². The molecule has 6 nitrogen and oxygen atoms in total. The number of halogens is 2. The molecule has 1 heterocycles. The molecule has 1 amide bonds. The van der Waals surface area contributed by atoms with Crippen LogP contribution in [0.25, 0.3) is 0 Å². The van der Waals surface area contributed by atoms with E-state index < -0.39 is 18.1 Å². The number of methoxy groups -OCH3 is 1. The smallest absolute Gasteiger partial charge is 0.408 e. The van der Waals surface area contributed by atoms with Gasteiger partial charge in [0.1, 0.15) is 11.8 Å². The van der Waals surface area contributed by atoms with Crippen molar-refractivity contribution in [2.75, 3.05) is 13.7 Å². The van der Waals surface area contributed by atoms with Gasteiger partial charge in [-0.1, -0.05) is 23.2 Å². The summed E-state index contributed by atoms with van der Waals surface area (Å²) in [4.78, 5) is 23.3. The van der Waals surface area contributed by atoms with Gasteiger partial charge >= 0.3 is 12.1 Å². The third-order valence-electron chi connectivity index (χ3n) is 3.55. The third-order valence-corrected chi connectivity index (χ3v) is 4.37. The molecule has 0 radical (unpaired) electrons. The van der Waals surface area contributed by atoms with Gasteiger partial charge in [0, 0.05) is 18.0 Å². The molecule has 2 atom stereocenters. The number of ether oxygens (including phenoxy) is 1. The normalized spacial score (nSPS) is 21.4. The average molecular weight is 334 g/mol. The molecule has 2 rings (SSSR count). The summed E-state index contributed by atoms with van der Waals surface area (Å²) >= 11 is 12.2. The Kier molecular flexibility index (Phi) is 4.49. The van der Waals surface area contributed by atoms with Crippen LogP contribution >= 0.6 is 23.2 Å². The van der Waals surface area contributed by atoms with E-state index in [0.717, 1.165) is 4.90 Å². The molecule has 1 saturated heterocycles. The topological polar surface area (TPSA) is 87.1 Å². The van der Waals surface area contributed by atoms with E-state index in [9.17, 15) is 9.59 Å². The van der Waals surface area contributed by atoms with Crippen LogP contribution in [0.2, 0.25) is 10.0 Å². The highest BCUT2D eigenvalue weighted by Gasteiger charge is 2.42. The van der Waals surface area contributed by atoms with Gasteiger partial charge in [0.25, 0.3) is 0 Å². The summed E-state index contributed by atoms with van der Waals surface area (Å²) in [6, 6.07) is 2.10. The van der Waals surface area contributed by atoms with Crippen molar-refractivity contribution in [3.05, 3.63) is 27.7 Å². The lowest BCUT2D eigenvalue weighted by molar-refractivity contribution is -0.141. The molecule has 1 fully saturated rings. The zero-order valence-electron chi connectivity index (χ0n) is 11.0. The van der Waals surface area contributed by atoms with Gasteiger partial charge in [0.05, 0.1) is 17.2 Å². The van der Waals surface area contributed by atoms with Gasteiger partial charge in [0.15, 0.2) is 0 Å². The highest BCUT2D eigenvalue weighted by Crippen LogP contribution is 2.43. The van der Waals surface area contributed by atoms with Gasteiger partial charge in [-0.15, -0.1) is 0 Å². The van der Waals surface area contributed by atoms with E-state index in [2.05, 4.69) is 0 Å². The van der Waals surface area contributed by atoms with Crippen molar-refractivity contribution >= 4 is 35.3 Å². The first kappa shape index (κ1) is 15.7. The Labute approximate surface area is 130 Å². The second kappa shape index (κ2) is 5.99. The number of carboxylic acid groups (broad SMARTS) is 2. The fourth-order valence-electron chi connectivity index (χ4n) is 2.60. The molecular weight excluding hydrogens is 321 g/mol. The van der Waals surface area contributed by atoms with Crippen molar-refractivity contribution in [3.63, 3.8) is 0 Å². The van der Waals surface area contributed by atoms with Crippen molar-refractivity contribution in [2.45, 2.75) is 18.4 Å². The first-order valence-electron chi connectivity index (χ1n) is 6.11. The van der Waals surface area contributed by atoms with Crippen LogP contribution in [-0.4, -0.2) is 46.9 Å². The maximum Gasteiger partial charge on any atom is 0.408 e. The molecule has 1 aromatic carbocycles. The van der Waals surface area contributed by atoms with Crippen molar-refractivity contribution in [2.24, 2.45) is 0 Å². The number of nitrogens with zero attached hydrogens (tertiary/aromatic N) is 1. The van der Waals surface area contributed by atoms with Crippen molar-refractivity contribution in [3.8, 4) is 5.75 Å². The van der Waals surface area contributed by atoms with Crippen LogP contribution in [0, 0.1) is 0 Å². The maximum absolute atomic E-state index is 11.2. The van der Waals surface area contributed by atoms with E-state index in [1.54, 1.807) is 12.1 Å². The highest BCUT2D eigenvalue weighted by molar-refractivity contribution is 6.42. The van der Waals surface area contributed by atoms with Gasteiger partial charge in [-0.2, -0.15) is 0 Å². The van der Waals surface area contributed by atoms with E-state index in [4.69, 9.17) is 38.2 Å². The molecule has 0 aliphatic carbocycles. The van der Waals surface area contributed by atoms with Crippen LogP contribution in [0.15, 0.2) is 12.1 Å². The lowest BCUT2D eigenvalue weighted by Gasteiger charge is -2.18. The lowest BCUT2D eigenvalue weighted by Crippen LogP contribution is -2.39. The van der Waals surface area contributed by atoms with Gasteiger partial charge in [-0.25, -0.2) is 9.59 Å². The van der Waals surface area contributed by atoms with Crippen LogP contribution in [0.4, 0.5) is 4.79 Å². The van der Waals surface area contributed by atoms with Crippen LogP contribution < -0.4 is 4.74 Å². The molecule has 21 heavy (non-hydrogen) atoms. The fourth-order valence-corrected chi connectivity index (χ4v) is 3.07. The summed E-state index contributed by atoms with van der Waals surface area (Å²) < 4.78 is 5.23. The number of benzene rings is 1. The van der Waals surface area contributed by atoms with Gasteiger partial charge < -0.3 is 14.9 Å². The van der Waals surface area contributed by atoms with Crippen LogP contribution in [-0.2, 0) is 4.79 Å². The molecule has 0 spiro atoms. The minimum absolute atomic E-state index is 0.0305. The summed E-state index contributed by atoms with van der Waals surface area (Å²) in [5, 5.41) is 18.8. The van der Waals surface area contributed by atoms with Crippen LogP contribution in [0.5, 0.6) is 5.75 Å². The number of carboxylic acids is 1. The summed E-state index contributed by atoms with van der Waals surface area (Å²) in [7, 11) is 1.46.